The predicted molar refractivity (Wildman–Crippen MR) is 164 cm³/mol. The quantitative estimate of drug-likeness (QED) is 0.193. The predicted octanol–water partition coefficient (Wildman–Crippen LogP) is 1.95. The van der Waals surface area contributed by atoms with Gasteiger partial charge in [-0.05, 0) is 67.4 Å². The highest BCUT2D eigenvalue weighted by Crippen LogP contribution is 2.61. The van der Waals surface area contributed by atoms with Gasteiger partial charge in [-0.1, -0.05) is 24.1 Å². The topological polar surface area (TPSA) is 160 Å². The summed E-state index contributed by atoms with van der Waals surface area (Å²) in [4.78, 5) is 25.2. The lowest BCUT2D eigenvalue weighted by Crippen LogP contribution is -2.50. The van der Waals surface area contributed by atoms with Crippen LogP contribution in [0.3, 0.4) is 0 Å². The number of aromatic nitrogens is 2. The van der Waals surface area contributed by atoms with Crippen LogP contribution in [-0.4, -0.2) is 110 Å². The highest BCUT2D eigenvalue weighted by molar-refractivity contribution is 6.30. The molecule has 1 unspecified atom stereocenters. The Balaban J connectivity index is 0.960. The van der Waals surface area contributed by atoms with Crippen LogP contribution < -0.4 is 9.64 Å². The summed E-state index contributed by atoms with van der Waals surface area (Å²) < 4.78 is 20.7. The lowest BCUT2D eigenvalue weighted by molar-refractivity contribution is -0.137. The Hall–Kier alpha value is -2.61. The van der Waals surface area contributed by atoms with E-state index in [0.29, 0.717) is 60.2 Å². The molecule has 0 radical (unpaired) electrons. The van der Waals surface area contributed by atoms with Gasteiger partial charge in [-0.25, -0.2) is 14.4 Å². The normalized spacial score (nSPS) is 22.1. The fourth-order valence-electron chi connectivity index (χ4n) is 6.73. The van der Waals surface area contributed by atoms with E-state index < -0.39 is 36.8 Å². The van der Waals surface area contributed by atoms with E-state index in [9.17, 15) is 29.6 Å². The molecule has 0 bridgehead atoms. The van der Waals surface area contributed by atoms with Crippen molar-refractivity contribution in [2.75, 3.05) is 44.3 Å². The van der Waals surface area contributed by atoms with E-state index in [-0.39, 0.29) is 24.7 Å². The van der Waals surface area contributed by atoms with Crippen molar-refractivity contribution in [2.24, 2.45) is 17.3 Å². The van der Waals surface area contributed by atoms with Gasteiger partial charge in [0.15, 0.2) is 0 Å². The van der Waals surface area contributed by atoms with Crippen LogP contribution in [0.1, 0.15) is 50.5 Å². The number of benzene rings is 1. The van der Waals surface area contributed by atoms with Gasteiger partial charge in [-0.15, -0.1) is 0 Å². The molecule has 5 atom stereocenters. The molecule has 1 aromatic heterocycles. The average Bonchev–Trinajstić information content (AvgIpc) is 3.69. The summed E-state index contributed by atoms with van der Waals surface area (Å²) in [6, 6.07) is 4.68. The Morgan fingerprint density at radius 3 is 2.42 bits per heavy atom. The summed E-state index contributed by atoms with van der Waals surface area (Å²) in [5.41, 5.74) is 0.685. The third-order valence-corrected chi connectivity index (χ3v) is 10.1. The molecule has 1 saturated carbocycles. The van der Waals surface area contributed by atoms with E-state index in [2.05, 4.69) is 14.9 Å². The van der Waals surface area contributed by atoms with Gasteiger partial charge >= 0.3 is 0 Å². The molecule has 248 valence electrons. The molecule has 3 fully saturated rings. The second kappa shape index (κ2) is 14.9. The van der Waals surface area contributed by atoms with Crippen molar-refractivity contribution in [2.45, 2.75) is 75.8 Å². The van der Waals surface area contributed by atoms with E-state index in [0.717, 1.165) is 38.3 Å². The fraction of sp³-hybridized carbons (Fsp3) is 0.656. The molecule has 2 aliphatic heterocycles. The lowest BCUT2D eigenvalue weighted by atomic mass is 9.90. The van der Waals surface area contributed by atoms with Gasteiger partial charge in [0, 0.05) is 32.2 Å². The van der Waals surface area contributed by atoms with Gasteiger partial charge in [0.1, 0.15) is 29.9 Å². The van der Waals surface area contributed by atoms with E-state index >= 15 is 0 Å². The molecule has 2 aromatic rings. The molecule has 1 aromatic carbocycles. The Morgan fingerprint density at radius 2 is 1.76 bits per heavy atom. The maximum atomic E-state index is 14.8. The molecule has 3 aliphatic rings. The van der Waals surface area contributed by atoms with Gasteiger partial charge in [-0.2, -0.15) is 0 Å². The lowest BCUT2D eigenvalue weighted by Gasteiger charge is -2.39. The maximum absolute atomic E-state index is 14.8. The van der Waals surface area contributed by atoms with E-state index in [1.807, 2.05) is 0 Å². The van der Waals surface area contributed by atoms with Crippen LogP contribution in [0, 0.1) is 23.1 Å². The Morgan fingerprint density at radius 1 is 1.07 bits per heavy atom. The highest BCUT2D eigenvalue weighted by atomic mass is 35.5. The van der Waals surface area contributed by atoms with Crippen molar-refractivity contribution in [3.8, 4) is 5.75 Å². The number of piperidine rings is 1. The first-order valence-electron chi connectivity index (χ1n) is 15.8. The summed E-state index contributed by atoms with van der Waals surface area (Å²) in [5, 5.41) is 48.5. The number of halogens is 2. The minimum atomic E-state index is -1.63. The van der Waals surface area contributed by atoms with Crippen LogP contribution >= 0.6 is 11.6 Å². The number of hydrogen-bond acceptors (Lipinski definition) is 10. The Labute approximate surface area is 267 Å². The smallest absolute Gasteiger partial charge is 0.227 e. The van der Waals surface area contributed by atoms with Crippen LogP contribution in [0.5, 0.6) is 5.75 Å². The van der Waals surface area contributed by atoms with Gasteiger partial charge in [0.2, 0.25) is 11.9 Å². The molecule has 2 saturated heterocycles. The number of likely N-dealkylation sites (tertiary alicyclic amines) is 1. The highest BCUT2D eigenvalue weighted by Gasteiger charge is 2.54. The minimum Gasteiger partial charge on any atom is -0.493 e. The van der Waals surface area contributed by atoms with Crippen molar-refractivity contribution in [1.82, 2.24) is 14.9 Å². The summed E-state index contributed by atoms with van der Waals surface area (Å²) in [6.07, 6.45) is 3.04. The zero-order valence-corrected chi connectivity index (χ0v) is 26.1. The van der Waals surface area contributed by atoms with Crippen LogP contribution in [0.25, 0.3) is 0 Å². The number of aliphatic hydroxyl groups is 5. The molecule has 1 spiro atoms. The third-order valence-electron chi connectivity index (χ3n) is 9.86. The summed E-state index contributed by atoms with van der Waals surface area (Å²) in [5.74, 6) is 1.41. The zero-order valence-electron chi connectivity index (χ0n) is 25.3. The number of carbonyl (C=O) groups excluding carboxylic acids is 1. The Kier molecular flexibility index (Phi) is 11.1. The van der Waals surface area contributed by atoms with Crippen LogP contribution in [0.4, 0.5) is 10.3 Å². The molecule has 13 heteroatoms. The van der Waals surface area contributed by atoms with Crippen LogP contribution in [-0.2, 0) is 11.2 Å². The van der Waals surface area contributed by atoms with E-state index in [1.165, 1.54) is 12.5 Å². The molecule has 5 rings (SSSR count). The van der Waals surface area contributed by atoms with Crippen molar-refractivity contribution in [3.63, 3.8) is 0 Å². The van der Waals surface area contributed by atoms with Gasteiger partial charge in [0.25, 0.3) is 0 Å². The number of nitrogens with zero attached hydrogens (tertiary/aromatic N) is 4. The van der Waals surface area contributed by atoms with Crippen molar-refractivity contribution in [1.29, 1.82) is 0 Å². The van der Waals surface area contributed by atoms with Crippen molar-refractivity contribution in [3.05, 3.63) is 47.0 Å². The zero-order chi connectivity index (χ0) is 32.1. The van der Waals surface area contributed by atoms with Crippen molar-refractivity contribution >= 4 is 23.5 Å². The third kappa shape index (κ3) is 8.41. The Bertz CT molecular complexity index is 1280. The molecular formula is C32H44ClFN4O7. The second-order valence-corrected chi connectivity index (χ2v) is 13.3. The molecule has 11 nitrogen and oxygen atoms in total. The maximum Gasteiger partial charge on any atom is 0.227 e. The number of carbonyl (C=O) groups is 1. The fourth-order valence-corrected chi connectivity index (χ4v) is 6.83. The number of amides is 1. The molecule has 45 heavy (non-hydrogen) atoms. The standard InChI is InChI=1S/C32H44ClFN4O7/c33-23-15-35-31(36-16-23)37-9-7-32(8-10-37)14-22(32)6-11-45-24-5-4-21(25(34)13-24)12-28(42)38-17-20(18-38)2-1-3-26(40)29(43)30(44)27(41)19-39/h4-5,13,15-16,20,22,26-27,29-30,39-41,43-44H,1-3,6-12,14,17-19H2/t22?,26-,27+,29+,30+/m0/s1. The summed E-state index contributed by atoms with van der Waals surface area (Å²) in [7, 11) is 0. The first kappa shape index (κ1) is 33.7. The van der Waals surface area contributed by atoms with Gasteiger partial charge < -0.3 is 40.1 Å². The number of anilines is 1. The largest absolute Gasteiger partial charge is 0.493 e. The number of rotatable bonds is 15. The summed E-state index contributed by atoms with van der Waals surface area (Å²) in [6.45, 7) is 2.73. The SMILES string of the molecule is O=C(Cc1ccc(OCCC2CC23CCN(c2ncc(Cl)cn2)CC3)cc1F)N1CC(CCC[C@H](O)[C@@H](O)[C@H](O)[C@H](O)CO)C1. The van der Waals surface area contributed by atoms with Crippen LogP contribution in [0.15, 0.2) is 30.6 Å². The second-order valence-electron chi connectivity index (χ2n) is 12.9. The van der Waals surface area contributed by atoms with Gasteiger partial charge in [0.05, 0.1) is 43.2 Å². The molecule has 5 N–H and O–H groups in total. The van der Waals surface area contributed by atoms with Crippen molar-refractivity contribution < 1.29 is 39.5 Å². The summed E-state index contributed by atoms with van der Waals surface area (Å²) >= 11 is 5.90. The molecule has 1 amide bonds. The molecular weight excluding hydrogens is 607 g/mol. The first-order chi connectivity index (χ1) is 21.6. The first-order valence-corrected chi connectivity index (χ1v) is 16.2. The molecule has 1 aliphatic carbocycles. The monoisotopic (exact) mass is 650 g/mol. The average molecular weight is 651 g/mol. The number of hydrogen-bond donors (Lipinski definition) is 5. The number of aliphatic hydroxyl groups excluding tert-OH is 5. The van der Waals surface area contributed by atoms with Gasteiger partial charge in [-0.3, -0.25) is 4.79 Å². The molecule has 3 heterocycles. The minimum absolute atomic E-state index is 0.0303. The van der Waals surface area contributed by atoms with Crippen LogP contribution in [0.2, 0.25) is 5.02 Å². The van der Waals surface area contributed by atoms with E-state index in [1.54, 1.807) is 29.4 Å². The van der Waals surface area contributed by atoms with E-state index in [4.69, 9.17) is 21.4 Å². The number of ether oxygens (including phenoxy) is 1.